The quantitative estimate of drug-likeness (QED) is 0.825. The van der Waals surface area contributed by atoms with Crippen molar-refractivity contribution in [3.63, 3.8) is 0 Å². The Hall–Kier alpha value is -1.73. The van der Waals surface area contributed by atoms with Crippen LogP contribution in [0.4, 0.5) is 5.69 Å². The molecule has 0 unspecified atom stereocenters. The summed E-state index contributed by atoms with van der Waals surface area (Å²) in [5.41, 5.74) is -0.754. The number of carbonyl (C=O) groups is 2. The van der Waals surface area contributed by atoms with Crippen molar-refractivity contribution in [3.8, 4) is 0 Å². The third-order valence-electron chi connectivity index (χ3n) is 2.55. The zero-order chi connectivity index (χ0) is 15.7. The molecule has 7 heteroatoms. The molecule has 0 aliphatic heterocycles. The summed E-state index contributed by atoms with van der Waals surface area (Å²) in [4.78, 5) is 23.4. The first-order valence-electron chi connectivity index (χ1n) is 5.93. The second-order valence-electron chi connectivity index (χ2n) is 5.48. The minimum Gasteiger partial charge on any atom is -0.326 e. The van der Waals surface area contributed by atoms with E-state index < -0.39 is 27.1 Å². The SMILES string of the molecule is CC(=O)Nc1cccc(S(N)(=O)=O)c1C(=O)C(C)(C)C. The van der Waals surface area contributed by atoms with Crippen LogP contribution < -0.4 is 10.5 Å². The number of carbonyl (C=O) groups excluding carboxylic acids is 2. The monoisotopic (exact) mass is 298 g/mol. The van der Waals surface area contributed by atoms with Crippen molar-refractivity contribution in [1.82, 2.24) is 0 Å². The van der Waals surface area contributed by atoms with Crippen molar-refractivity contribution < 1.29 is 18.0 Å². The van der Waals surface area contributed by atoms with Crippen molar-refractivity contribution in [2.24, 2.45) is 10.6 Å². The van der Waals surface area contributed by atoms with Crippen LogP contribution in [-0.2, 0) is 14.8 Å². The summed E-state index contributed by atoms with van der Waals surface area (Å²) in [5, 5.41) is 7.60. The summed E-state index contributed by atoms with van der Waals surface area (Å²) in [7, 11) is -4.07. The minimum atomic E-state index is -4.07. The zero-order valence-corrected chi connectivity index (χ0v) is 12.7. The van der Waals surface area contributed by atoms with E-state index in [0.717, 1.165) is 0 Å². The topological polar surface area (TPSA) is 106 Å². The lowest BCUT2D eigenvalue weighted by Crippen LogP contribution is -2.26. The standard InChI is InChI=1S/C13H18N2O4S/c1-8(16)15-9-6-5-7-10(20(14,18)19)11(9)12(17)13(2,3)4/h5-7H,1-4H3,(H,15,16)(H2,14,18,19). The molecule has 1 amide bonds. The fourth-order valence-electron chi connectivity index (χ4n) is 1.67. The maximum Gasteiger partial charge on any atom is 0.238 e. The molecule has 20 heavy (non-hydrogen) atoms. The third-order valence-corrected chi connectivity index (χ3v) is 3.50. The number of amides is 1. The number of rotatable bonds is 3. The molecular weight excluding hydrogens is 280 g/mol. The van der Waals surface area contributed by atoms with Crippen molar-refractivity contribution >= 4 is 27.4 Å². The van der Waals surface area contributed by atoms with E-state index in [1.165, 1.54) is 25.1 Å². The molecule has 6 nitrogen and oxygen atoms in total. The van der Waals surface area contributed by atoms with E-state index in [0.29, 0.717) is 0 Å². The van der Waals surface area contributed by atoms with Gasteiger partial charge in [-0.05, 0) is 12.1 Å². The largest absolute Gasteiger partial charge is 0.326 e. The molecule has 0 radical (unpaired) electrons. The lowest BCUT2D eigenvalue weighted by molar-refractivity contribution is -0.114. The van der Waals surface area contributed by atoms with Crippen LogP contribution in [0, 0.1) is 5.41 Å². The van der Waals surface area contributed by atoms with E-state index in [4.69, 9.17) is 5.14 Å². The van der Waals surface area contributed by atoms with Crippen LogP contribution in [0.3, 0.4) is 0 Å². The van der Waals surface area contributed by atoms with Gasteiger partial charge in [-0.3, -0.25) is 9.59 Å². The number of primary sulfonamides is 1. The highest BCUT2D eigenvalue weighted by Crippen LogP contribution is 2.30. The second kappa shape index (κ2) is 5.34. The van der Waals surface area contributed by atoms with Crippen LogP contribution >= 0.6 is 0 Å². The molecule has 0 atom stereocenters. The Balaban J connectivity index is 3.65. The van der Waals surface area contributed by atoms with Gasteiger partial charge in [0.15, 0.2) is 5.78 Å². The Morgan fingerprint density at radius 3 is 2.15 bits per heavy atom. The average Bonchev–Trinajstić information content (AvgIpc) is 2.24. The van der Waals surface area contributed by atoms with Crippen LogP contribution in [0.1, 0.15) is 38.1 Å². The molecule has 110 valence electrons. The Morgan fingerprint density at radius 1 is 1.20 bits per heavy atom. The number of hydrogen-bond acceptors (Lipinski definition) is 4. The molecule has 0 fully saturated rings. The number of nitrogens with one attached hydrogen (secondary N) is 1. The van der Waals surface area contributed by atoms with Gasteiger partial charge in [0.1, 0.15) is 0 Å². The Bertz CT molecular complexity index is 657. The zero-order valence-electron chi connectivity index (χ0n) is 11.9. The summed E-state index contributed by atoms with van der Waals surface area (Å²) in [6.45, 7) is 6.25. The number of nitrogens with two attached hydrogens (primary N) is 1. The normalized spacial score (nSPS) is 12.1. The van der Waals surface area contributed by atoms with Gasteiger partial charge in [-0.1, -0.05) is 26.8 Å². The molecule has 1 aromatic rings. The maximum absolute atomic E-state index is 12.5. The number of sulfonamides is 1. The van der Waals surface area contributed by atoms with Crippen LogP contribution in [-0.4, -0.2) is 20.1 Å². The lowest BCUT2D eigenvalue weighted by atomic mass is 9.86. The van der Waals surface area contributed by atoms with Crippen LogP contribution in [0.15, 0.2) is 23.1 Å². The first-order valence-corrected chi connectivity index (χ1v) is 7.47. The van der Waals surface area contributed by atoms with Gasteiger partial charge in [-0.25, -0.2) is 13.6 Å². The van der Waals surface area contributed by atoms with Gasteiger partial charge in [-0.2, -0.15) is 0 Å². The number of anilines is 1. The minimum absolute atomic E-state index is 0.0855. The van der Waals surface area contributed by atoms with E-state index in [1.807, 2.05) is 0 Å². The predicted molar refractivity (Wildman–Crippen MR) is 75.9 cm³/mol. The van der Waals surface area contributed by atoms with Crippen molar-refractivity contribution in [2.75, 3.05) is 5.32 Å². The lowest BCUT2D eigenvalue weighted by Gasteiger charge is -2.21. The smallest absolute Gasteiger partial charge is 0.238 e. The Kier molecular flexibility index (Phi) is 4.36. The molecule has 1 rings (SSSR count). The number of Topliss-reactive ketones (excluding diaryl/α,β-unsaturated/α-hetero) is 1. The van der Waals surface area contributed by atoms with Gasteiger partial charge in [0.05, 0.1) is 16.1 Å². The van der Waals surface area contributed by atoms with Crippen LogP contribution in [0.2, 0.25) is 0 Å². The molecule has 0 heterocycles. The van der Waals surface area contributed by atoms with Crippen molar-refractivity contribution in [1.29, 1.82) is 0 Å². The molecule has 0 aliphatic carbocycles. The molecule has 1 aromatic carbocycles. The summed E-state index contributed by atoms with van der Waals surface area (Å²) in [5.74, 6) is -0.814. The van der Waals surface area contributed by atoms with E-state index in [-0.39, 0.29) is 16.1 Å². The highest BCUT2D eigenvalue weighted by Gasteiger charge is 2.30. The maximum atomic E-state index is 12.5. The summed E-state index contributed by atoms with van der Waals surface area (Å²) in [6, 6.07) is 4.14. The summed E-state index contributed by atoms with van der Waals surface area (Å²) < 4.78 is 23.3. The fraction of sp³-hybridized carbons (Fsp3) is 0.385. The van der Waals surface area contributed by atoms with Gasteiger partial charge < -0.3 is 5.32 Å². The van der Waals surface area contributed by atoms with Crippen molar-refractivity contribution in [2.45, 2.75) is 32.6 Å². The Labute approximate surface area is 118 Å². The van der Waals surface area contributed by atoms with Gasteiger partial charge in [0.25, 0.3) is 0 Å². The first-order chi connectivity index (χ1) is 8.94. The molecule has 0 aromatic heterocycles. The Morgan fingerprint density at radius 2 is 1.75 bits per heavy atom. The van der Waals surface area contributed by atoms with E-state index >= 15 is 0 Å². The summed E-state index contributed by atoms with van der Waals surface area (Å²) >= 11 is 0. The molecule has 0 aliphatic rings. The van der Waals surface area contributed by atoms with Gasteiger partial charge in [0.2, 0.25) is 15.9 Å². The average molecular weight is 298 g/mol. The predicted octanol–water partition coefficient (Wildman–Crippen LogP) is 1.52. The molecule has 3 N–H and O–H groups in total. The molecule has 0 bridgehead atoms. The molecular formula is C13H18N2O4S. The van der Waals surface area contributed by atoms with Gasteiger partial charge in [-0.15, -0.1) is 0 Å². The summed E-state index contributed by atoms with van der Waals surface area (Å²) in [6.07, 6.45) is 0. The molecule has 0 saturated carbocycles. The number of benzene rings is 1. The second-order valence-corrected chi connectivity index (χ2v) is 7.01. The highest BCUT2D eigenvalue weighted by atomic mass is 32.2. The van der Waals surface area contributed by atoms with Gasteiger partial charge >= 0.3 is 0 Å². The van der Waals surface area contributed by atoms with E-state index in [1.54, 1.807) is 20.8 Å². The van der Waals surface area contributed by atoms with Crippen LogP contribution in [0.25, 0.3) is 0 Å². The fourth-order valence-corrected chi connectivity index (χ4v) is 2.43. The third kappa shape index (κ3) is 3.64. The molecule has 0 saturated heterocycles. The number of hydrogen-bond donors (Lipinski definition) is 2. The van der Waals surface area contributed by atoms with Gasteiger partial charge in [0, 0.05) is 12.3 Å². The van der Waals surface area contributed by atoms with Crippen molar-refractivity contribution in [3.05, 3.63) is 23.8 Å². The van der Waals surface area contributed by atoms with Crippen LogP contribution in [0.5, 0.6) is 0 Å². The molecule has 0 spiro atoms. The highest BCUT2D eigenvalue weighted by molar-refractivity contribution is 7.89. The van der Waals surface area contributed by atoms with E-state index in [2.05, 4.69) is 5.32 Å². The number of ketones is 1. The first kappa shape index (κ1) is 16.3. The van der Waals surface area contributed by atoms with E-state index in [9.17, 15) is 18.0 Å².